The molecule has 1 aromatic rings. The van der Waals surface area contributed by atoms with Crippen molar-refractivity contribution in [3.8, 4) is 0 Å². The lowest BCUT2D eigenvalue weighted by Crippen LogP contribution is -2.49. The average molecular weight is 430 g/mol. The van der Waals surface area contributed by atoms with Crippen molar-refractivity contribution < 1.29 is 4.39 Å². The molecule has 31 heavy (non-hydrogen) atoms. The van der Waals surface area contributed by atoms with E-state index < -0.39 is 0 Å². The minimum absolute atomic E-state index is 0.0963. The van der Waals surface area contributed by atoms with Crippen molar-refractivity contribution >= 4 is 5.96 Å². The fraction of sp³-hybridized carbons (Fsp3) is 0.640. The Labute approximate surface area is 187 Å². The third-order valence-corrected chi connectivity index (χ3v) is 6.33. The molecule has 3 rings (SSSR count). The smallest absolute Gasteiger partial charge is 0.191 e. The maximum absolute atomic E-state index is 13.9. The first-order valence-electron chi connectivity index (χ1n) is 11.9. The lowest BCUT2D eigenvalue weighted by molar-refractivity contribution is 0.178. The summed E-state index contributed by atoms with van der Waals surface area (Å²) in [5.41, 5.74) is 2.04. The van der Waals surface area contributed by atoms with E-state index in [2.05, 4.69) is 40.9 Å². The summed E-state index contributed by atoms with van der Waals surface area (Å²) in [6.45, 7) is 16.0. The van der Waals surface area contributed by atoms with Gasteiger partial charge in [0.15, 0.2) is 5.96 Å². The SMILES string of the molecule is C=C(C)CN1CCC(NC(=NCC2CCN(Cc3ccccc3F)CC2)NCC)CC1. The van der Waals surface area contributed by atoms with Gasteiger partial charge in [0, 0.05) is 50.9 Å². The molecule has 5 nitrogen and oxygen atoms in total. The molecular formula is C25H40FN5. The Balaban J connectivity index is 1.41. The minimum atomic E-state index is -0.0963. The van der Waals surface area contributed by atoms with Crippen LogP contribution in [0.15, 0.2) is 41.4 Å². The van der Waals surface area contributed by atoms with E-state index in [0.717, 1.165) is 83.0 Å². The van der Waals surface area contributed by atoms with Crippen molar-refractivity contribution in [1.82, 2.24) is 20.4 Å². The first-order valence-corrected chi connectivity index (χ1v) is 11.9. The Hall–Kier alpha value is -1.92. The highest BCUT2D eigenvalue weighted by Crippen LogP contribution is 2.20. The van der Waals surface area contributed by atoms with Crippen LogP contribution in [0.2, 0.25) is 0 Å². The third kappa shape index (κ3) is 7.93. The summed E-state index contributed by atoms with van der Waals surface area (Å²) in [6.07, 6.45) is 4.53. The van der Waals surface area contributed by atoms with E-state index in [0.29, 0.717) is 18.5 Å². The van der Waals surface area contributed by atoms with Gasteiger partial charge in [-0.1, -0.05) is 30.4 Å². The van der Waals surface area contributed by atoms with Crippen LogP contribution >= 0.6 is 0 Å². The molecule has 0 unspecified atom stereocenters. The van der Waals surface area contributed by atoms with Crippen molar-refractivity contribution in [2.45, 2.75) is 52.1 Å². The van der Waals surface area contributed by atoms with E-state index in [1.54, 1.807) is 12.1 Å². The van der Waals surface area contributed by atoms with Crippen molar-refractivity contribution in [2.24, 2.45) is 10.9 Å². The number of hydrogen-bond donors (Lipinski definition) is 2. The van der Waals surface area contributed by atoms with Gasteiger partial charge in [-0.15, -0.1) is 0 Å². The number of piperidine rings is 2. The van der Waals surface area contributed by atoms with Crippen molar-refractivity contribution in [1.29, 1.82) is 0 Å². The first kappa shape index (κ1) is 23.7. The number of nitrogens with one attached hydrogen (secondary N) is 2. The van der Waals surface area contributed by atoms with Gasteiger partial charge in [-0.05, 0) is 64.6 Å². The maximum Gasteiger partial charge on any atom is 0.191 e. The molecular weight excluding hydrogens is 389 g/mol. The van der Waals surface area contributed by atoms with Gasteiger partial charge in [-0.25, -0.2) is 4.39 Å². The molecule has 0 aliphatic carbocycles. The van der Waals surface area contributed by atoms with E-state index in [-0.39, 0.29) is 5.82 Å². The average Bonchev–Trinajstić information content (AvgIpc) is 2.76. The highest BCUT2D eigenvalue weighted by molar-refractivity contribution is 5.80. The molecule has 2 aliphatic rings. The zero-order chi connectivity index (χ0) is 22.1. The van der Waals surface area contributed by atoms with E-state index >= 15 is 0 Å². The molecule has 6 heteroatoms. The van der Waals surface area contributed by atoms with Gasteiger partial charge in [-0.3, -0.25) is 14.8 Å². The van der Waals surface area contributed by atoms with Crippen molar-refractivity contribution in [3.05, 3.63) is 47.8 Å². The number of guanidine groups is 1. The Bertz CT molecular complexity index is 718. The Kier molecular flexibility index (Phi) is 9.34. The predicted octanol–water partition coefficient (Wildman–Crippen LogP) is 3.63. The number of benzene rings is 1. The Morgan fingerprint density at radius 2 is 1.77 bits per heavy atom. The monoisotopic (exact) mass is 429 g/mol. The molecule has 2 heterocycles. The number of nitrogens with zero attached hydrogens (tertiary/aromatic N) is 3. The number of rotatable bonds is 8. The molecule has 0 radical (unpaired) electrons. The van der Waals surface area contributed by atoms with Crippen LogP contribution in [0.3, 0.4) is 0 Å². The van der Waals surface area contributed by atoms with Gasteiger partial charge in [0.2, 0.25) is 0 Å². The van der Waals surface area contributed by atoms with Crippen LogP contribution in [0, 0.1) is 11.7 Å². The molecule has 0 spiro atoms. The largest absolute Gasteiger partial charge is 0.357 e. The van der Waals surface area contributed by atoms with Crippen LogP contribution in [0.25, 0.3) is 0 Å². The summed E-state index contributed by atoms with van der Waals surface area (Å²) >= 11 is 0. The Morgan fingerprint density at radius 3 is 2.42 bits per heavy atom. The summed E-state index contributed by atoms with van der Waals surface area (Å²) in [6, 6.07) is 7.60. The lowest BCUT2D eigenvalue weighted by atomic mass is 9.96. The standard InChI is InChI=1S/C25H40FN5/c1-4-27-25(29-23-11-15-30(16-12-23)18-20(2)3)28-17-21-9-13-31(14-10-21)19-22-7-5-6-8-24(22)26/h5-8,21,23H,2,4,9-19H2,1,3H3,(H2,27,28,29). The van der Waals surface area contributed by atoms with E-state index in [1.165, 1.54) is 5.57 Å². The molecule has 1 aromatic carbocycles. The lowest BCUT2D eigenvalue weighted by Gasteiger charge is -2.33. The van der Waals surface area contributed by atoms with Gasteiger partial charge in [0.25, 0.3) is 0 Å². The highest BCUT2D eigenvalue weighted by atomic mass is 19.1. The minimum Gasteiger partial charge on any atom is -0.357 e. The highest BCUT2D eigenvalue weighted by Gasteiger charge is 2.22. The van der Waals surface area contributed by atoms with Gasteiger partial charge in [0.1, 0.15) is 5.82 Å². The fourth-order valence-electron chi connectivity index (χ4n) is 4.55. The number of halogens is 1. The summed E-state index contributed by atoms with van der Waals surface area (Å²) in [7, 11) is 0. The second-order valence-electron chi connectivity index (χ2n) is 9.18. The van der Waals surface area contributed by atoms with Crippen LogP contribution in [-0.2, 0) is 6.54 Å². The normalized spacial score (nSPS) is 20.0. The van der Waals surface area contributed by atoms with Gasteiger partial charge in [-0.2, -0.15) is 0 Å². The summed E-state index contributed by atoms with van der Waals surface area (Å²) in [5.74, 6) is 1.46. The van der Waals surface area contributed by atoms with Crippen LogP contribution in [-0.4, -0.2) is 67.6 Å². The van der Waals surface area contributed by atoms with Crippen LogP contribution in [0.5, 0.6) is 0 Å². The fourth-order valence-corrected chi connectivity index (χ4v) is 4.55. The molecule has 0 amide bonds. The van der Waals surface area contributed by atoms with Crippen molar-refractivity contribution in [2.75, 3.05) is 45.8 Å². The summed E-state index contributed by atoms with van der Waals surface area (Å²) in [5, 5.41) is 7.08. The second-order valence-corrected chi connectivity index (χ2v) is 9.18. The number of aliphatic imine (C=N–C) groups is 1. The molecule has 2 aliphatic heterocycles. The maximum atomic E-state index is 13.9. The van der Waals surface area contributed by atoms with Crippen LogP contribution in [0.4, 0.5) is 4.39 Å². The first-order chi connectivity index (χ1) is 15.0. The van der Waals surface area contributed by atoms with Gasteiger partial charge >= 0.3 is 0 Å². The zero-order valence-electron chi connectivity index (χ0n) is 19.4. The predicted molar refractivity (Wildman–Crippen MR) is 128 cm³/mol. The Morgan fingerprint density at radius 1 is 1.10 bits per heavy atom. The molecule has 2 N–H and O–H groups in total. The van der Waals surface area contributed by atoms with Crippen molar-refractivity contribution in [3.63, 3.8) is 0 Å². The van der Waals surface area contributed by atoms with Gasteiger partial charge in [0.05, 0.1) is 0 Å². The second kappa shape index (κ2) is 12.2. The zero-order valence-corrected chi connectivity index (χ0v) is 19.4. The molecule has 0 aromatic heterocycles. The number of hydrogen-bond acceptors (Lipinski definition) is 3. The van der Waals surface area contributed by atoms with Crippen LogP contribution in [0.1, 0.15) is 45.1 Å². The summed E-state index contributed by atoms with van der Waals surface area (Å²) in [4.78, 5) is 9.76. The van der Waals surface area contributed by atoms with E-state index in [4.69, 9.17) is 4.99 Å². The quantitative estimate of drug-likeness (QED) is 0.376. The topological polar surface area (TPSA) is 42.9 Å². The van der Waals surface area contributed by atoms with E-state index in [9.17, 15) is 4.39 Å². The molecule has 0 saturated carbocycles. The third-order valence-electron chi connectivity index (χ3n) is 6.33. The van der Waals surface area contributed by atoms with Gasteiger partial charge < -0.3 is 10.6 Å². The molecule has 0 bridgehead atoms. The molecule has 172 valence electrons. The molecule has 2 fully saturated rings. The van der Waals surface area contributed by atoms with Crippen LogP contribution < -0.4 is 10.6 Å². The summed E-state index contributed by atoms with van der Waals surface area (Å²) < 4.78 is 13.9. The number of likely N-dealkylation sites (tertiary alicyclic amines) is 2. The molecule has 2 saturated heterocycles. The molecule has 0 atom stereocenters. The van der Waals surface area contributed by atoms with E-state index in [1.807, 2.05) is 12.1 Å².